The lowest BCUT2D eigenvalue weighted by molar-refractivity contribution is -0.401. The molecule has 2 heterocycles. The van der Waals surface area contributed by atoms with E-state index in [1.807, 2.05) is 24.3 Å². The highest BCUT2D eigenvalue weighted by atomic mass is 16.6. The van der Waals surface area contributed by atoms with Crippen LogP contribution in [0.3, 0.4) is 0 Å². The number of carbonyl (C=O) groups is 1. The van der Waals surface area contributed by atoms with Crippen LogP contribution >= 0.6 is 0 Å². The van der Waals surface area contributed by atoms with Gasteiger partial charge in [0.05, 0.1) is 23.0 Å². The highest BCUT2D eigenvalue weighted by Gasteiger charge is 2.38. The number of hydrogen-bond acceptors (Lipinski definition) is 6. The van der Waals surface area contributed by atoms with Gasteiger partial charge in [0.25, 0.3) is 0 Å². The quantitative estimate of drug-likeness (QED) is 0.561. The number of hydrogen-bond donors (Lipinski definition) is 1. The summed E-state index contributed by atoms with van der Waals surface area (Å²) in [5.41, 5.74) is 4.06. The summed E-state index contributed by atoms with van der Waals surface area (Å²) in [6.45, 7) is 0. The van der Waals surface area contributed by atoms with Gasteiger partial charge in [0, 0.05) is 23.1 Å². The number of aliphatic hydroxyl groups is 1. The molecular formula is C19H12N2O5. The number of aromatic nitrogens is 1. The van der Waals surface area contributed by atoms with Crippen LogP contribution in [0.15, 0.2) is 40.8 Å². The molecule has 5 rings (SSSR count). The molecule has 0 radical (unpaired) electrons. The second-order valence-corrected chi connectivity index (χ2v) is 6.38. The third kappa shape index (κ3) is 1.86. The van der Waals surface area contributed by atoms with Crippen LogP contribution in [0, 0.1) is 10.1 Å². The molecule has 2 aliphatic rings. The van der Waals surface area contributed by atoms with E-state index in [9.17, 15) is 20.0 Å². The van der Waals surface area contributed by atoms with Gasteiger partial charge in [-0.25, -0.2) is 0 Å². The molecule has 0 bridgehead atoms. The van der Waals surface area contributed by atoms with Crippen molar-refractivity contribution in [2.24, 2.45) is 0 Å². The maximum atomic E-state index is 12.5. The first-order valence-corrected chi connectivity index (χ1v) is 8.18. The molecule has 1 N–H and O–H groups in total. The Morgan fingerprint density at radius 2 is 1.96 bits per heavy atom. The fourth-order valence-electron chi connectivity index (χ4n) is 3.88. The number of aryl methyl sites for hydroxylation is 1. The average Bonchev–Trinajstić information content (AvgIpc) is 3.33. The van der Waals surface area contributed by atoms with E-state index in [4.69, 9.17) is 4.42 Å². The molecule has 26 heavy (non-hydrogen) atoms. The first-order chi connectivity index (χ1) is 12.6. The Morgan fingerprint density at radius 3 is 2.73 bits per heavy atom. The fourth-order valence-corrected chi connectivity index (χ4v) is 3.88. The Labute approximate surface area is 147 Å². The van der Waals surface area contributed by atoms with E-state index in [1.165, 1.54) is 12.1 Å². The van der Waals surface area contributed by atoms with Gasteiger partial charge in [-0.3, -0.25) is 19.9 Å². The fraction of sp³-hybridized carbons (Fsp3) is 0.158. The Balaban J connectivity index is 1.86. The van der Waals surface area contributed by atoms with Gasteiger partial charge in [-0.15, -0.1) is 0 Å². The summed E-state index contributed by atoms with van der Waals surface area (Å²) in [6, 6.07) is 10.1. The monoisotopic (exact) mass is 348 g/mol. The van der Waals surface area contributed by atoms with E-state index in [0.717, 1.165) is 5.56 Å². The van der Waals surface area contributed by atoms with Crippen LogP contribution in [-0.4, -0.2) is 20.8 Å². The highest BCUT2D eigenvalue weighted by Crippen LogP contribution is 2.50. The van der Waals surface area contributed by atoms with Crippen molar-refractivity contribution in [3.8, 4) is 22.6 Å². The molecule has 0 fully saturated rings. The van der Waals surface area contributed by atoms with E-state index >= 15 is 0 Å². The van der Waals surface area contributed by atoms with Crippen molar-refractivity contribution in [3.63, 3.8) is 0 Å². The van der Waals surface area contributed by atoms with Crippen LogP contribution in [-0.2, 0) is 6.42 Å². The van der Waals surface area contributed by atoms with Gasteiger partial charge in [0.1, 0.15) is 16.8 Å². The molecule has 7 heteroatoms. The van der Waals surface area contributed by atoms with Gasteiger partial charge in [-0.2, -0.15) is 0 Å². The smallest absolute Gasteiger partial charge is 0.401 e. The first kappa shape index (κ1) is 15.0. The van der Waals surface area contributed by atoms with E-state index in [-0.39, 0.29) is 11.5 Å². The number of pyridine rings is 1. The molecular weight excluding hydrogens is 336 g/mol. The van der Waals surface area contributed by atoms with Crippen molar-refractivity contribution in [3.05, 3.63) is 68.9 Å². The number of nitro groups is 1. The summed E-state index contributed by atoms with van der Waals surface area (Å²) in [5, 5.41) is 21.9. The van der Waals surface area contributed by atoms with Crippen LogP contribution < -0.4 is 0 Å². The summed E-state index contributed by atoms with van der Waals surface area (Å²) >= 11 is 0. The normalized spacial score (nSPS) is 17.1. The van der Waals surface area contributed by atoms with Crippen LogP contribution in [0.4, 0.5) is 5.88 Å². The van der Waals surface area contributed by atoms with Crippen molar-refractivity contribution < 1.29 is 19.2 Å². The van der Waals surface area contributed by atoms with E-state index in [0.29, 0.717) is 46.5 Å². The van der Waals surface area contributed by atoms with Crippen molar-refractivity contribution in [2.45, 2.75) is 18.9 Å². The third-order valence-corrected chi connectivity index (χ3v) is 4.98. The molecule has 3 aromatic rings. The molecule has 0 saturated heterocycles. The molecule has 128 valence electrons. The molecule has 1 unspecified atom stereocenters. The van der Waals surface area contributed by atoms with Gasteiger partial charge in [0.2, 0.25) is 0 Å². The Morgan fingerprint density at radius 1 is 1.15 bits per heavy atom. The second-order valence-electron chi connectivity index (χ2n) is 6.38. The van der Waals surface area contributed by atoms with Crippen LogP contribution in [0.25, 0.3) is 22.6 Å². The molecule has 1 aromatic carbocycles. The number of ketones is 1. The SMILES string of the molecule is O=C1CCc2nc3c(c(-c4ccc([N+](=O)[O-])o4)c21)C(O)c1ccccc1-3. The summed E-state index contributed by atoms with van der Waals surface area (Å²) in [5.74, 6) is -0.295. The number of rotatable bonds is 2. The zero-order chi connectivity index (χ0) is 18.0. The van der Waals surface area contributed by atoms with Crippen LogP contribution in [0.2, 0.25) is 0 Å². The summed E-state index contributed by atoms with van der Waals surface area (Å²) in [6.07, 6.45) is -0.125. The van der Waals surface area contributed by atoms with Crippen molar-refractivity contribution in [1.82, 2.24) is 4.98 Å². The zero-order valence-corrected chi connectivity index (χ0v) is 13.4. The number of Topliss-reactive ketones (excluding diaryl/α,β-unsaturated/α-hetero) is 1. The van der Waals surface area contributed by atoms with Crippen LogP contribution in [0.1, 0.15) is 39.7 Å². The average molecular weight is 348 g/mol. The van der Waals surface area contributed by atoms with Gasteiger partial charge in [-0.05, 0) is 18.1 Å². The van der Waals surface area contributed by atoms with E-state index in [1.54, 1.807) is 0 Å². The van der Waals surface area contributed by atoms with E-state index < -0.39 is 16.9 Å². The van der Waals surface area contributed by atoms with Crippen molar-refractivity contribution in [1.29, 1.82) is 0 Å². The van der Waals surface area contributed by atoms with Crippen molar-refractivity contribution in [2.75, 3.05) is 0 Å². The standard InChI is InChI=1S/C19H12N2O5/c22-12-6-5-11-15(12)16(13-7-8-14(26-13)21(24)25)17-18(20-11)9-3-1-2-4-10(9)19(17)23/h1-4,7-8,19,23H,5-6H2. The number of nitrogens with zero attached hydrogens (tertiary/aromatic N) is 2. The molecule has 2 aromatic heterocycles. The third-order valence-electron chi connectivity index (χ3n) is 4.98. The number of benzene rings is 1. The van der Waals surface area contributed by atoms with Crippen molar-refractivity contribution >= 4 is 11.7 Å². The predicted molar refractivity (Wildman–Crippen MR) is 90.7 cm³/mol. The van der Waals surface area contributed by atoms with E-state index in [2.05, 4.69) is 4.98 Å². The minimum atomic E-state index is -0.966. The number of carbonyl (C=O) groups excluding carboxylic acids is 1. The van der Waals surface area contributed by atoms with Gasteiger partial charge >= 0.3 is 5.88 Å². The lowest BCUT2D eigenvalue weighted by atomic mass is 9.95. The molecule has 0 aliphatic heterocycles. The summed E-state index contributed by atoms with van der Waals surface area (Å²) in [7, 11) is 0. The van der Waals surface area contributed by atoms with Crippen LogP contribution in [0.5, 0.6) is 0 Å². The lowest BCUT2D eigenvalue weighted by Gasteiger charge is -2.14. The first-order valence-electron chi connectivity index (χ1n) is 8.18. The molecule has 0 spiro atoms. The minimum Gasteiger partial charge on any atom is -0.401 e. The summed E-state index contributed by atoms with van der Waals surface area (Å²) < 4.78 is 5.39. The second kappa shape index (κ2) is 5.09. The predicted octanol–water partition coefficient (Wildman–Crippen LogP) is 3.44. The van der Waals surface area contributed by atoms with Gasteiger partial charge < -0.3 is 9.52 Å². The number of fused-ring (bicyclic) bond motifs is 4. The maximum Gasteiger partial charge on any atom is 0.433 e. The molecule has 2 aliphatic carbocycles. The summed E-state index contributed by atoms with van der Waals surface area (Å²) in [4.78, 5) is 27.5. The number of aliphatic hydroxyl groups excluding tert-OH is 1. The lowest BCUT2D eigenvalue weighted by Crippen LogP contribution is -2.05. The minimum absolute atomic E-state index is 0.0903. The molecule has 1 atom stereocenters. The number of furan rings is 1. The van der Waals surface area contributed by atoms with Gasteiger partial charge in [-0.1, -0.05) is 24.3 Å². The Hall–Kier alpha value is -3.32. The largest absolute Gasteiger partial charge is 0.433 e. The topological polar surface area (TPSA) is 106 Å². The highest BCUT2D eigenvalue weighted by molar-refractivity contribution is 6.07. The molecule has 0 amide bonds. The van der Waals surface area contributed by atoms with Gasteiger partial charge in [0.15, 0.2) is 5.78 Å². The molecule has 7 nitrogen and oxygen atoms in total. The molecule has 0 saturated carbocycles. The Bertz CT molecular complexity index is 1120. The maximum absolute atomic E-state index is 12.5. The zero-order valence-electron chi connectivity index (χ0n) is 13.4. The Kier molecular flexibility index (Phi) is 2.93.